The molecule has 3 heterocycles. The smallest absolute Gasteiger partial charge is 0.321 e. The molecule has 0 atom stereocenters. The van der Waals surface area contributed by atoms with E-state index in [-0.39, 0.29) is 11.7 Å². The Morgan fingerprint density at radius 1 is 1.33 bits per heavy atom. The number of carbonyl (C=O) groups excluding carboxylic acids is 1. The number of aromatic nitrogens is 2. The van der Waals surface area contributed by atoms with Gasteiger partial charge in [0, 0.05) is 36.4 Å². The Labute approximate surface area is 157 Å². The number of nitrogens with zero attached hydrogens (tertiary/aromatic N) is 2. The largest absolute Gasteiger partial charge is 0.361 e. The van der Waals surface area contributed by atoms with E-state index in [4.69, 9.17) is 0 Å². The van der Waals surface area contributed by atoms with Crippen molar-refractivity contribution in [3.05, 3.63) is 59.8 Å². The lowest BCUT2D eigenvalue weighted by Gasteiger charge is -2.32. The van der Waals surface area contributed by atoms with E-state index in [0.29, 0.717) is 19.0 Å². The number of benzene rings is 1. The summed E-state index contributed by atoms with van der Waals surface area (Å²) in [5.74, 6) is -0.0983. The molecule has 2 aromatic heterocycles. The van der Waals surface area contributed by atoms with Crippen LogP contribution in [-0.2, 0) is 6.42 Å². The number of amides is 2. The lowest BCUT2D eigenvalue weighted by molar-refractivity contribution is 0.194. The van der Waals surface area contributed by atoms with Gasteiger partial charge in [-0.15, -0.1) is 0 Å². The maximum atomic E-state index is 13.7. The number of piperidine rings is 1. The van der Waals surface area contributed by atoms with Crippen LogP contribution in [0.15, 0.2) is 42.9 Å². The highest BCUT2D eigenvalue weighted by molar-refractivity contribution is 5.89. The number of carbonyl (C=O) groups is 1. The summed E-state index contributed by atoms with van der Waals surface area (Å²) in [5, 5.41) is 3.93. The Morgan fingerprint density at radius 3 is 2.89 bits per heavy atom. The highest BCUT2D eigenvalue weighted by Crippen LogP contribution is 2.34. The minimum absolute atomic E-state index is 0.167. The standard InChI is InChI=1S/C21H23FN4O/c1-2-14-4-3-5-16-17(12-24-20(14)16)15-7-10-26(11-8-15)21(27)25-19-6-9-23-13-18(19)22/h3-6,9,12-13,15,24H,2,7-8,10-11H2,1H3,(H,23,25,27). The average molecular weight is 366 g/mol. The number of urea groups is 1. The number of fused-ring (bicyclic) bond motifs is 1. The van der Waals surface area contributed by atoms with Gasteiger partial charge in [-0.3, -0.25) is 4.98 Å². The van der Waals surface area contributed by atoms with Crippen LogP contribution in [0.3, 0.4) is 0 Å². The Hall–Kier alpha value is -2.89. The van der Waals surface area contributed by atoms with Crippen LogP contribution in [0.5, 0.6) is 0 Å². The van der Waals surface area contributed by atoms with Crippen molar-refractivity contribution in [2.24, 2.45) is 0 Å². The molecule has 1 aromatic carbocycles. The van der Waals surface area contributed by atoms with Crippen LogP contribution in [0.4, 0.5) is 14.9 Å². The molecule has 0 bridgehead atoms. The molecule has 2 N–H and O–H groups in total. The van der Waals surface area contributed by atoms with Gasteiger partial charge in [-0.1, -0.05) is 25.1 Å². The van der Waals surface area contributed by atoms with Gasteiger partial charge in [0.1, 0.15) is 0 Å². The second-order valence-electron chi connectivity index (χ2n) is 6.98. The average Bonchev–Trinajstić information content (AvgIpc) is 3.14. The SMILES string of the molecule is CCc1cccc2c(C3CCN(C(=O)Nc4ccncc4F)CC3)c[nH]c12. The first-order valence-corrected chi connectivity index (χ1v) is 9.41. The molecule has 1 aliphatic rings. The van der Waals surface area contributed by atoms with Crippen molar-refractivity contribution in [1.29, 1.82) is 0 Å². The molecule has 0 radical (unpaired) electrons. The van der Waals surface area contributed by atoms with E-state index < -0.39 is 5.82 Å². The number of H-pyrrole nitrogens is 1. The monoisotopic (exact) mass is 366 g/mol. The molecular formula is C21H23FN4O. The van der Waals surface area contributed by atoms with E-state index in [1.54, 1.807) is 4.90 Å². The summed E-state index contributed by atoms with van der Waals surface area (Å²) in [6, 6.07) is 7.66. The normalized spacial score (nSPS) is 15.3. The third-order valence-corrected chi connectivity index (χ3v) is 5.45. The van der Waals surface area contributed by atoms with Crippen LogP contribution >= 0.6 is 0 Å². The van der Waals surface area contributed by atoms with Gasteiger partial charge in [-0.05, 0) is 42.4 Å². The van der Waals surface area contributed by atoms with Crippen molar-refractivity contribution >= 4 is 22.6 Å². The second-order valence-corrected chi connectivity index (χ2v) is 6.98. The van der Waals surface area contributed by atoms with Gasteiger partial charge in [-0.25, -0.2) is 9.18 Å². The van der Waals surface area contributed by atoms with Gasteiger partial charge >= 0.3 is 6.03 Å². The number of rotatable bonds is 3. The number of anilines is 1. The number of likely N-dealkylation sites (tertiary alicyclic amines) is 1. The zero-order valence-electron chi connectivity index (χ0n) is 15.3. The zero-order chi connectivity index (χ0) is 18.8. The Bertz CT molecular complexity index is 960. The molecule has 1 fully saturated rings. The molecule has 5 nitrogen and oxygen atoms in total. The summed E-state index contributed by atoms with van der Waals surface area (Å²) in [7, 11) is 0. The molecule has 6 heteroatoms. The predicted molar refractivity (Wildman–Crippen MR) is 104 cm³/mol. The number of pyridine rings is 1. The molecule has 1 saturated heterocycles. The first-order valence-electron chi connectivity index (χ1n) is 9.41. The van der Waals surface area contributed by atoms with Crippen LogP contribution in [-0.4, -0.2) is 34.0 Å². The number of hydrogen-bond donors (Lipinski definition) is 2. The molecule has 0 unspecified atom stereocenters. The first-order chi connectivity index (χ1) is 13.2. The number of halogens is 1. The lowest BCUT2D eigenvalue weighted by atomic mass is 9.89. The highest BCUT2D eigenvalue weighted by Gasteiger charge is 2.26. The second kappa shape index (κ2) is 7.39. The molecule has 4 rings (SSSR count). The maximum Gasteiger partial charge on any atom is 0.321 e. The number of aromatic amines is 1. The summed E-state index contributed by atoms with van der Waals surface area (Å²) in [6.45, 7) is 3.48. The van der Waals surface area contributed by atoms with E-state index in [1.807, 2.05) is 0 Å². The van der Waals surface area contributed by atoms with E-state index in [9.17, 15) is 9.18 Å². The van der Waals surface area contributed by atoms with Crippen molar-refractivity contribution in [3.63, 3.8) is 0 Å². The predicted octanol–water partition coefficient (Wildman–Crippen LogP) is 4.68. The number of aryl methyl sites for hydroxylation is 1. The molecule has 0 spiro atoms. The highest BCUT2D eigenvalue weighted by atomic mass is 19.1. The molecule has 2 amide bonds. The zero-order valence-corrected chi connectivity index (χ0v) is 15.3. The van der Waals surface area contributed by atoms with Crippen molar-refractivity contribution < 1.29 is 9.18 Å². The molecule has 0 aliphatic carbocycles. The topological polar surface area (TPSA) is 61.0 Å². The third-order valence-electron chi connectivity index (χ3n) is 5.45. The molecule has 3 aromatic rings. The summed E-state index contributed by atoms with van der Waals surface area (Å²) in [5.41, 5.74) is 4.06. The van der Waals surface area contributed by atoms with E-state index in [0.717, 1.165) is 25.5 Å². The maximum absolute atomic E-state index is 13.7. The minimum atomic E-state index is -0.522. The summed E-state index contributed by atoms with van der Waals surface area (Å²) in [6.07, 6.45) is 7.49. The minimum Gasteiger partial charge on any atom is -0.361 e. The van der Waals surface area contributed by atoms with Crippen LogP contribution in [0, 0.1) is 5.82 Å². The van der Waals surface area contributed by atoms with Gasteiger partial charge in [0.25, 0.3) is 0 Å². The van der Waals surface area contributed by atoms with Crippen molar-refractivity contribution in [3.8, 4) is 0 Å². The number of nitrogens with one attached hydrogen (secondary N) is 2. The fourth-order valence-electron chi connectivity index (χ4n) is 3.94. The Kier molecular flexibility index (Phi) is 4.79. The van der Waals surface area contributed by atoms with Crippen LogP contribution in [0.2, 0.25) is 0 Å². The van der Waals surface area contributed by atoms with E-state index in [1.165, 1.54) is 34.3 Å². The van der Waals surface area contributed by atoms with Crippen LogP contribution in [0.25, 0.3) is 10.9 Å². The Morgan fingerprint density at radius 2 is 2.15 bits per heavy atom. The van der Waals surface area contributed by atoms with Gasteiger partial charge in [0.2, 0.25) is 0 Å². The van der Waals surface area contributed by atoms with Gasteiger partial charge < -0.3 is 15.2 Å². The van der Waals surface area contributed by atoms with Gasteiger partial charge in [-0.2, -0.15) is 0 Å². The lowest BCUT2D eigenvalue weighted by Crippen LogP contribution is -2.40. The summed E-state index contributed by atoms with van der Waals surface area (Å²) < 4.78 is 13.7. The molecular weight excluding hydrogens is 343 g/mol. The van der Waals surface area contributed by atoms with E-state index >= 15 is 0 Å². The molecule has 1 aliphatic heterocycles. The molecule has 0 saturated carbocycles. The fraction of sp³-hybridized carbons (Fsp3) is 0.333. The fourth-order valence-corrected chi connectivity index (χ4v) is 3.94. The molecule has 27 heavy (non-hydrogen) atoms. The number of para-hydroxylation sites is 1. The van der Waals surface area contributed by atoms with Gasteiger partial charge in [0.15, 0.2) is 5.82 Å². The Balaban J connectivity index is 1.43. The van der Waals surface area contributed by atoms with Crippen molar-refractivity contribution in [1.82, 2.24) is 14.9 Å². The van der Waals surface area contributed by atoms with Crippen molar-refractivity contribution in [2.75, 3.05) is 18.4 Å². The third kappa shape index (κ3) is 3.39. The summed E-state index contributed by atoms with van der Waals surface area (Å²) in [4.78, 5) is 21.3. The quantitative estimate of drug-likeness (QED) is 0.707. The number of hydrogen-bond acceptors (Lipinski definition) is 2. The van der Waals surface area contributed by atoms with Crippen LogP contribution in [0.1, 0.15) is 36.8 Å². The van der Waals surface area contributed by atoms with Gasteiger partial charge in [0.05, 0.1) is 11.9 Å². The van der Waals surface area contributed by atoms with Crippen molar-refractivity contribution in [2.45, 2.75) is 32.1 Å². The van der Waals surface area contributed by atoms with Crippen LogP contribution < -0.4 is 5.32 Å². The first kappa shape index (κ1) is 17.5. The molecule has 140 valence electrons. The van der Waals surface area contributed by atoms with E-state index in [2.05, 4.69) is 46.6 Å². The summed E-state index contributed by atoms with van der Waals surface area (Å²) >= 11 is 0.